The number of aromatic nitrogens is 3. The number of amides is 1. The summed E-state index contributed by atoms with van der Waals surface area (Å²) in [5.74, 6) is 1.91. The van der Waals surface area contributed by atoms with Crippen molar-refractivity contribution < 1.29 is 4.79 Å². The lowest BCUT2D eigenvalue weighted by molar-refractivity contribution is -0.122. The third-order valence-corrected chi connectivity index (χ3v) is 5.38. The van der Waals surface area contributed by atoms with Crippen LogP contribution in [0, 0.1) is 4.77 Å². The Bertz CT molecular complexity index is 642. The van der Waals surface area contributed by atoms with E-state index in [9.17, 15) is 4.79 Å². The van der Waals surface area contributed by atoms with Gasteiger partial charge in [-0.3, -0.25) is 14.6 Å². The summed E-state index contributed by atoms with van der Waals surface area (Å²) in [6.07, 6.45) is 3.46. The summed E-state index contributed by atoms with van der Waals surface area (Å²) in [5, 5.41) is 7.74. The lowest BCUT2D eigenvalue weighted by atomic mass is 10.3. The third-order valence-electron chi connectivity index (χ3n) is 4.95. The van der Waals surface area contributed by atoms with Gasteiger partial charge in [-0.25, -0.2) is 4.68 Å². The molecule has 1 saturated heterocycles. The summed E-state index contributed by atoms with van der Waals surface area (Å²) in [6.45, 7) is 10.8. The normalized spacial score (nSPS) is 19.3. The molecule has 2 heterocycles. The number of hydrogen-bond donors (Lipinski definition) is 1. The predicted molar refractivity (Wildman–Crippen MR) is 100 cm³/mol. The molecule has 1 aromatic heterocycles. The van der Waals surface area contributed by atoms with Crippen molar-refractivity contribution >= 4 is 18.1 Å². The van der Waals surface area contributed by atoms with Crippen LogP contribution in [0.25, 0.3) is 0 Å². The van der Waals surface area contributed by atoms with E-state index in [1.54, 1.807) is 0 Å². The number of hydrogen-bond acceptors (Lipinski definition) is 5. The van der Waals surface area contributed by atoms with Crippen LogP contribution in [0.15, 0.2) is 0 Å². The largest absolute Gasteiger partial charge is 0.355 e. The minimum Gasteiger partial charge on any atom is -0.355 e. The number of rotatable bonds is 8. The summed E-state index contributed by atoms with van der Waals surface area (Å²) in [7, 11) is 0. The van der Waals surface area contributed by atoms with E-state index in [4.69, 9.17) is 17.3 Å². The maximum atomic E-state index is 11.8. The topological polar surface area (TPSA) is 58.3 Å². The fourth-order valence-electron chi connectivity index (χ4n) is 3.29. The zero-order valence-corrected chi connectivity index (χ0v) is 16.2. The second-order valence-electron chi connectivity index (χ2n) is 7.04. The summed E-state index contributed by atoms with van der Waals surface area (Å²) in [6, 6.07) is 0. The van der Waals surface area contributed by atoms with Gasteiger partial charge < -0.3 is 9.88 Å². The van der Waals surface area contributed by atoms with Crippen molar-refractivity contribution in [3.63, 3.8) is 0 Å². The molecule has 0 unspecified atom stereocenters. The van der Waals surface area contributed by atoms with Gasteiger partial charge in [0.15, 0.2) is 4.77 Å². The fraction of sp³-hybridized carbons (Fsp3) is 0.824. The fourth-order valence-corrected chi connectivity index (χ4v) is 3.61. The van der Waals surface area contributed by atoms with E-state index in [1.807, 2.05) is 4.68 Å². The highest BCUT2D eigenvalue weighted by Crippen LogP contribution is 2.39. The van der Waals surface area contributed by atoms with Gasteiger partial charge in [-0.15, -0.1) is 0 Å². The van der Waals surface area contributed by atoms with E-state index in [2.05, 4.69) is 33.5 Å². The first-order valence-corrected chi connectivity index (χ1v) is 9.92. The molecule has 1 N–H and O–H groups in total. The number of carbonyl (C=O) groups is 1. The molecule has 2 fully saturated rings. The second-order valence-corrected chi connectivity index (χ2v) is 7.41. The molecule has 0 radical (unpaired) electrons. The van der Waals surface area contributed by atoms with Crippen LogP contribution in [-0.2, 0) is 18.0 Å². The van der Waals surface area contributed by atoms with Crippen molar-refractivity contribution in [1.82, 2.24) is 29.5 Å². The van der Waals surface area contributed by atoms with Gasteiger partial charge in [0.1, 0.15) is 5.82 Å². The van der Waals surface area contributed by atoms with Crippen LogP contribution in [0.1, 0.15) is 44.9 Å². The Labute approximate surface area is 155 Å². The first kappa shape index (κ1) is 18.5. The average Bonchev–Trinajstić information content (AvgIpc) is 3.40. The van der Waals surface area contributed by atoms with Gasteiger partial charge in [0.05, 0.1) is 13.2 Å². The SMILES string of the molecule is CCCNC(=O)CN1CCN(Cn2nc(C3CC3)n(CC)c2=S)CC1. The maximum Gasteiger partial charge on any atom is 0.234 e. The number of nitrogens with one attached hydrogen (secondary N) is 1. The Morgan fingerprint density at radius 2 is 1.88 bits per heavy atom. The second kappa shape index (κ2) is 8.42. The van der Waals surface area contributed by atoms with E-state index in [0.717, 1.165) is 57.1 Å². The first-order chi connectivity index (χ1) is 12.1. The lowest BCUT2D eigenvalue weighted by Gasteiger charge is -2.33. The highest BCUT2D eigenvalue weighted by molar-refractivity contribution is 7.71. The molecule has 1 aliphatic carbocycles. The summed E-state index contributed by atoms with van der Waals surface area (Å²) < 4.78 is 5.00. The van der Waals surface area contributed by atoms with Crippen LogP contribution in [0.4, 0.5) is 0 Å². The lowest BCUT2D eigenvalue weighted by Crippen LogP contribution is -2.49. The van der Waals surface area contributed by atoms with Gasteiger partial charge in [-0.2, -0.15) is 5.10 Å². The molecular weight excluding hydrogens is 336 g/mol. The molecule has 0 bridgehead atoms. The average molecular weight is 367 g/mol. The highest BCUT2D eigenvalue weighted by Gasteiger charge is 2.30. The third kappa shape index (κ3) is 4.68. The highest BCUT2D eigenvalue weighted by atomic mass is 32.1. The molecule has 1 saturated carbocycles. The van der Waals surface area contributed by atoms with Gasteiger partial charge in [0.25, 0.3) is 0 Å². The van der Waals surface area contributed by atoms with Gasteiger partial charge >= 0.3 is 0 Å². The van der Waals surface area contributed by atoms with Crippen LogP contribution >= 0.6 is 12.2 Å². The van der Waals surface area contributed by atoms with E-state index in [0.29, 0.717) is 12.5 Å². The van der Waals surface area contributed by atoms with Crippen molar-refractivity contribution in [3.8, 4) is 0 Å². The van der Waals surface area contributed by atoms with E-state index >= 15 is 0 Å². The molecule has 2 aliphatic rings. The molecule has 0 aromatic carbocycles. The number of carbonyl (C=O) groups excluding carboxylic acids is 1. The Hall–Kier alpha value is -1.25. The number of piperazine rings is 1. The Kier molecular flexibility index (Phi) is 6.24. The maximum absolute atomic E-state index is 11.8. The summed E-state index contributed by atoms with van der Waals surface area (Å²) >= 11 is 5.62. The van der Waals surface area contributed by atoms with Crippen LogP contribution in [0.5, 0.6) is 0 Å². The molecule has 1 amide bonds. The molecule has 25 heavy (non-hydrogen) atoms. The van der Waals surface area contributed by atoms with Crippen LogP contribution in [0.2, 0.25) is 0 Å². The Balaban J connectivity index is 1.51. The molecule has 1 aromatic rings. The summed E-state index contributed by atoms with van der Waals surface area (Å²) in [4.78, 5) is 16.4. The van der Waals surface area contributed by atoms with Gasteiger partial charge in [-0.1, -0.05) is 6.92 Å². The van der Waals surface area contributed by atoms with Crippen LogP contribution in [0.3, 0.4) is 0 Å². The van der Waals surface area contributed by atoms with E-state index < -0.39 is 0 Å². The predicted octanol–water partition coefficient (Wildman–Crippen LogP) is 1.41. The quantitative estimate of drug-likeness (QED) is 0.705. The molecule has 1 aliphatic heterocycles. The van der Waals surface area contributed by atoms with Crippen LogP contribution in [-0.4, -0.2) is 69.3 Å². The Morgan fingerprint density at radius 3 is 2.48 bits per heavy atom. The molecule has 0 atom stereocenters. The molecule has 3 rings (SSSR count). The van der Waals surface area contributed by atoms with Crippen molar-refractivity contribution in [2.24, 2.45) is 0 Å². The molecule has 140 valence electrons. The van der Waals surface area contributed by atoms with Gasteiger partial charge in [0.2, 0.25) is 5.91 Å². The van der Waals surface area contributed by atoms with Gasteiger partial charge in [0, 0.05) is 45.2 Å². The van der Waals surface area contributed by atoms with Crippen molar-refractivity contribution in [2.75, 3.05) is 39.3 Å². The summed E-state index contributed by atoms with van der Waals surface area (Å²) in [5.41, 5.74) is 0. The molecule has 8 heteroatoms. The first-order valence-electron chi connectivity index (χ1n) is 9.51. The van der Waals surface area contributed by atoms with Crippen LogP contribution < -0.4 is 5.32 Å². The van der Waals surface area contributed by atoms with Gasteiger partial charge in [-0.05, 0) is 38.4 Å². The van der Waals surface area contributed by atoms with E-state index in [1.165, 1.54) is 18.7 Å². The molecule has 0 spiro atoms. The van der Waals surface area contributed by atoms with Crippen molar-refractivity contribution in [3.05, 3.63) is 10.6 Å². The monoisotopic (exact) mass is 366 g/mol. The standard InChI is InChI=1S/C17H30N6OS/c1-3-7-18-15(24)12-20-8-10-21(11-9-20)13-23-17(25)22(4-2)16(19-23)14-5-6-14/h14H,3-13H2,1-2H3,(H,18,24). The molecular formula is C17H30N6OS. The minimum atomic E-state index is 0.133. The Morgan fingerprint density at radius 1 is 1.20 bits per heavy atom. The van der Waals surface area contributed by atoms with E-state index in [-0.39, 0.29) is 5.91 Å². The minimum absolute atomic E-state index is 0.133. The zero-order chi connectivity index (χ0) is 17.8. The smallest absolute Gasteiger partial charge is 0.234 e. The molecule has 7 nitrogen and oxygen atoms in total. The zero-order valence-electron chi connectivity index (χ0n) is 15.4. The van der Waals surface area contributed by atoms with Crippen molar-refractivity contribution in [1.29, 1.82) is 0 Å². The van der Waals surface area contributed by atoms with Crippen molar-refractivity contribution in [2.45, 2.75) is 52.2 Å². The number of nitrogens with zero attached hydrogens (tertiary/aromatic N) is 5.